The Morgan fingerprint density at radius 2 is 2.00 bits per heavy atom. The number of hydrogen-bond acceptors (Lipinski definition) is 3. The van der Waals surface area contributed by atoms with Gasteiger partial charge in [0.2, 0.25) is 0 Å². The van der Waals surface area contributed by atoms with Crippen molar-refractivity contribution >= 4 is 12.4 Å². The molecule has 0 radical (unpaired) electrons. The number of halogens is 5. The van der Waals surface area contributed by atoms with Crippen LogP contribution in [0.1, 0.15) is 18.0 Å². The normalized spacial score (nSPS) is 12.2. The van der Waals surface area contributed by atoms with Gasteiger partial charge in [0.25, 0.3) is 0 Å². The van der Waals surface area contributed by atoms with Crippen molar-refractivity contribution in [3.63, 3.8) is 0 Å². The molecule has 0 saturated carbocycles. The monoisotopic (exact) mass is 284 g/mol. The first kappa shape index (κ1) is 16.5. The Bertz CT molecular complexity index is 444. The van der Waals surface area contributed by atoms with Crippen LogP contribution in [0.25, 0.3) is 0 Å². The first-order valence-corrected chi connectivity index (χ1v) is 4.51. The first-order chi connectivity index (χ1) is 7.83. The van der Waals surface area contributed by atoms with E-state index in [1.54, 1.807) is 6.07 Å². The van der Waals surface area contributed by atoms with Crippen molar-refractivity contribution in [3.05, 3.63) is 29.6 Å². The SMILES string of the molecule is Cl.N#CC[C@H](N)c1ccc(OC(F)(F)F)c(F)c1. The summed E-state index contributed by atoms with van der Waals surface area (Å²) in [6.45, 7) is 0. The molecule has 18 heavy (non-hydrogen) atoms. The minimum atomic E-state index is -4.95. The fourth-order valence-electron chi connectivity index (χ4n) is 1.17. The van der Waals surface area contributed by atoms with Crippen molar-refractivity contribution in [2.75, 3.05) is 0 Å². The Morgan fingerprint density at radius 1 is 1.39 bits per heavy atom. The quantitative estimate of drug-likeness (QED) is 0.868. The molecule has 0 fully saturated rings. The molecule has 0 aliphatic carbocycles. The number of benzene rings is 1. The van der Waals surface area contributed by atoms with Crippen molar-refractivity contribution in [3.8, 4) is 11.8 Å². The van der Waals surface area contributed by atoms with Gasteiger partial charge in [0, 0.05) is 6.04 Å². The Morgan fingerprint density at radius 3 is 2.44 bits per heavy atom. The fourth-order valence-corrected chi connectivity index (χ4v) is 1.17. The molecule has 0 aromatic heterocycles. The zero-order valence-electron chi connectivity index (χ0n) is 8.87. The molecule has 0 unspecified atom stereocenters. The maximum atomic E-state index is 13.2. The highest BCUT2D eigenvalue weighted by atomic mass is 35.5. The second-order valence-electron chi connectivity index (χ2n) is 3.21. The number of rotatable bonds is 3. The third-order valence-corrected chi connectivity index (χ3v) is 1.92. The Hall–Kier alpha value is -1.52. The fraction of sp³-hybridized carbons (Fsp3) is 0.300. The molecule has 0 heterocycles. The van der Waals surface area contributed by atoms with Gasteiger partial charge in [-0.15, -0.1) is 25.6 Å². The van der Waals surface area contributed by atoms with Gasteiger partial charge in [0.15, 0.2) is 11.6 Å². The summed E-state index contributed by atoms with van der Waals surface area (Å²) in [6.07, 6.45) is -5.00. The number of ether oxygens (including phenoxy) is 1. The zero-order chi connectivity index (χ0) is 13.1. The zero-order valence-corrected chi connectivity index (χ0v) is 9.69. The molecule has 1 rings (SSSR count). The van der Waals surface area contributed by atoms with Crippen LogP contribution < -0.4 is 10.5 Å². The maximum Gasteiger partial charge on any atom is 0.573 e. The molecule has 2 N–H and O–H groups in total. The Labute approximate surface area is 107 Å². The average Bonchev–Trinajstić information content (AvgIpc) is 2.19. The van der Waals surface area contributed by atoms with Crippen molar-refractivity contribution in [1.29, 1.82) is 5.26 Å². The van der Waals surface area contributed by atoms with Crippen LogP contribution in [0.15, 0.2) is 18.2 Å². The van der Waals surface area contributed by atoms with Gasteiger partial charge in [0.1, 0.15) is 0 Å². The van der Waals surface area contributed by atoms with E-state index in [0.717, 1.165) is 12.1 Å². The van der Waals surface area contributed by atoms with Gasteiger partial charge in [-0.05, 0) is 17.7 Å². The van der Waals surface area contributed by atoms with E-state index in [4.69, 9.17) is 11.0 Å². The summed E-state index contributed by atoms with van der Waals surface area (Å²) >= 11 is 0. The number of nitrogens with zero attached hydrogens (tertiary/aromatic N) is 1. The van der Waals surface area contributed by atoms with Crippen LogP contribution in [-0.2, 0) is 0 Å². The van der Waals surface area contributed by atoms with Gasteiger partial charge in [-0.1, -0.05) is 6.07 Å². The predicted octanol–water partition coefficient (Wildman–Crippen LogP) is 3.06. The molecule has 0 aliphatic rings. The molecular formula is C10H9ClF4N2O. The van der Waals surface area contributed by atoms with Crippen LogP contribution in [0.4, 0.5) is 17.6 Å². The molecular weight excluding hydrogens is 276 g/mol. The summed E-state index contributed by atoms with van der Waals surface area (Å²) in [7, 11) is 0. The van der Waals surface area contributed by atoms with Gasteiger partial charge in [0.05, 0.1) is 12.5 Å². The van der Waals surface area contributed by atoms with Gasteiger partial charge < -0.3 is 10.5 Å². The van der Waals surface area contributed by atoms with Crippen molar-refractivity contribution < 1.29 is 22.3 Å². The number of nitriles is 1. The standard InChI is InChI=1S/C10H8F4N2O.ClH/c11-7-5-6(8(16)3-4-15)1-2-9(7)17-10(12,13)14;/h1-2,5,8H,3,16H2;1H/t8-;/m0./s1. The van der Waals surface area contributed by atoms with Crippen LogP contribution in [0.2, 0.25) is 0 Å². The molecule has 0 spiro atoms. The Balaban J connectivity index is 0.00000289. The molecule has 1 aromatic carbocycles. The lowest BCUT2D eigenvalue weighted by molar-refractivity contribution is -0.275. The molecule has 100 valence electrons. The van der Waals surface area contributed by atoms with Crippen LogP contribution in [0.3, 0.4) is 0 Å². The molecule has 0 saturated heterocycles. The summed E-state index contributed by atoms with van der Waals surface area (Å²) in [5.41, 5.74) is 5.73. The van der Waals surface area contributed by atoms with Crippen LogP contribution in [0, 0.1) is 17.1 Å². The molecule has 0 amide bonds. The summed E-state index contributed by atoms with van der Waals surface area (Å²) in [5.74, 6) is -2.10. The summed E-state index contributed by atoms with van der Waals surface area (Å²) < 4.78 is 52.2. The number of alkyl halides is 3. The van der Waals surface area contributed by atoms with Crippen molar-refractivity contribution in [2.24, 2.45) is 5.73 Å². The van der Waals surface area contributed by atoms with E-state index in [-0.39, 0.29) is 24.4 Å². The van der Waals surface area contributed by atoms with Crippen molar-refractivity contribution in [1.82, 2.24) is 0 Å². The third kappa shape index (κ3) is 4.77. The Kier molecular flexibility index (Phi) is 5.88. The molecule has 0 bridgehead atoms. The first-order valence-electron chi connectivity index (χ1n) is 4.51. The van der Waals surface area contributed by atoms with Gasteiger partial charge in [-0.3, -0.25) is 0 Å². The largest absolute Gasteiger partial charge is 0.573 e. The lowest BCUT2D eigenvalue weighted by Gasteiger charge is -2.12. The molecule has 0 aliphatic heterocycles. The minimum absolute atomic E-state index is 0. The van der Waals surface area contributed by atoms with E-state index in [1.165, 1.54) is 6.07 Å². The number of hydrogen-bond donors (Lipinski definition) is 1. The molecule has 3 nitrogen and oxygen atoms in total. The molecule has 8 heteroatoms. The van der Waals surface area contributed by atoms with E-state index < -0.39 is 24.0 Å². The van der Waals surface area contributed by atoms with E-state index >= 15 is 0 Å². The lowest BCUT2D eigenvalue weighted by Crippen LogP contribution is -2.18. The highest BCUT2D eigenvalue weighted by molar-refractivity contribution is 5.85. The second-order valence-corrected chi connectivity index (χ2v) is 3.21. The topological polar surface area (TPSA) is 59.0 Å². The van der Waals surface area contributed by atoms with Crippen LogP contribution in [-0.4, -0.2) is 6.36 Å². The second kappa shape index (κ2) is 6.42. The third-order valence-electron chi connectivity index (χ3n) is 1.92. The van der Waals surface area contributed by atoms with Crippen molar-refractivity contribution in [2.45, 2.75) is 18.8 Å². The lowest BCUT2D eigenvalue weighted by atomic mass is 10.1. The van der Waals surface area contributed by atoms with Crippen LogP contribution in [0.5, 0.6) is 5.75 Å². The van der Waals surface area contributed by atoms with E-state index in [2.05, 4.69) is 4.74 Å². The predicted molar refractivity (Wildman–Crippen MR) is 57.5 cm³/mol. The van der Waals surface area contributed by atoms with Gasteiger partial charge in [-0.25, -0.2) is 4.39 Å². The van der Waals surface area contributed by atoms with Gasteiger partial charge in [-0.2, -0.15) is 5.26 Å². The summed E-state index contributed by atoms with van der Waals surface area (Å²) in [4.78, 5) is 0. The minimum Gasteiger partial charge on any atom is -0.403 e. The number of nitrogens with two attached hydrogens (primary N) is 1. The smallest absolute Gasteiger partial charge is 0.403 e. The summed E-state index contributed by atoms with van der Waals surface area (Å²) in [6, 6.07) is 3.88. The average molecular weight is 285 g/mol. The highest BCUT2D eigenvalue weighted by Gasteiger charge is 2.32. The van der Waals surface area contributed by atoms with E-state index in [1.807, 2.05) is 0 Å². The summed E-state index contributed by atoms with van der Waals surface area (Å²) in [5, 5.41) is 8.38. The maximum absolute atomic E-state index is 13.2. The van der Waals surface area contributed by atoms with E-state index in [0.29, 0.717) is 0 Å². The van der Waals surface area contributed by atoms with Gasteiger partial charge >= 0.3 is 6.36 Å². The molecule has 1 aromatic rings. The highest BCUT2D eigenvalue weighted by Crippen LogP contribution is 2.27. The van der Waals surface area contributed by atoms with Crippen LogP contribution >= 0.6 is 12.4 Å². The van der Waals surface area contributed by atoms with E-state index in [9.17, 15) is 17.6 Å². The molecule has 1 atom stereocenters.